The Morgan fingerprint density at radius 3 is 2.59 bits per heavy atom. The van der Waals surface area contributed by atoms with Gasteiger partial charge in [0.25, 0.3) is 5.56 Å². The first-order chi connectivity index (χ1) is 16.3. The molecule has 1 atom stereocenters. The molecule has 1 unspecified atom stereocenters. The van der Waals surface area contributed by atoms with Crippen LogP contribution < -0.4 is 16.3 Å². The zero-order valence-corrected chi connectivity index (χ0v) is 17.6. The molecule has 0 amide bonds. The maximum atomic E-state index is 13.7. The van der Waals surface area contributed by atoms with Crippen molar-refractivity contribution >= 4 is 33.6 Å². The van der Waals surface area contributed by atoms with Gasteiger partial charge in [-0.2, -0.15) is 13.2 Å². The van der Waals surface area contributed by atoms with E-state index in [1.807, 2.05) is 0 Å². The van der Waals surface area contributed by atoms with Gasteiger partial charge >= 0.3 is 6.18 Å². The average molecular weight is 466 g/mol. The average Bonchev–Trinajstić information content (AvgIpc) is 3.30. The number of hydrogen-bond acceptors (Lipinski definition) is 7. The maximum Gasteiger partial charge on any atom is 0.417 e. The summed E-state index contributed by atoms with van der Waals surface area (Å²) >= 11 is 0. The Labute approximate surface area is 189 Å². The molecule has 0 saturated carbocycles. The topological polar surface area (TPSA) is 113 Å². The van der Waals surface area contributed by atoms with Crippen molar-refractivity contribution in [1.82, 2.24) is 29.6 Å². The van der Waals surface area contributed by atoms with Crippen molar-refractivity contribution in [3.8, 4) is 0 Å². The number of hydrogen-bond donors (Lipinski definition) is 3. The molecule has 12 heteroatoms. The second-order valence-corrected chi connectivity index (χ2v) is 7.47. The van der Waals surface area contributed by atoms with Gasteiger partial charge in [0, 0.05) is 0 Å². The molecule has 0 spiro atoms. The first-order valence-electron chi connectivity index (χ1n) is 10.2. The second-order valence-electron chi connectivity index (χ2n) is 7.47. The largest absolute Gasteiger partial charge is 0.417 e. The van der Waals surface area contributed by atoms with E-state index < -0.39 is 28.7 Å². The van der Waals surface area contributed by atoms with Crippen molar-refractivity contribution in [1.29, 1.82) is 0 Å². The number of aromatic amines is 1. The van der Waals surface area contributed by atoms with Crippen LogP contribution >= 0.6 is 0 Å². The number of benzene rings is 2. The molecule has 3 heterocycles. The number of para-hydroxylation sites is 1. The lowest BCUT2D eigenvalue weighted by Gasteiger charge is -2.21. The monoisotopic (exact) mass is 466 g/mol. The van der Waals surface area contributed by atoms with E-state index in [0.717, 1.165) is 10.7 Å². The highest BCUT2D eigenvalue weighted by atomic mass is 19.4. The Hall–Kier alpha value is -4.48. The van der Waals surface area contributed by atoms with Crippen molar-refractivity contribution in [3.63, 3.8) is 0 Å². The van der Waals surface area contributed by atoms with Crippen LogP contribution in [0.5, 0.6) is 0 Å². The first-order valence-corrected chi connectivity index (χ1v) is 10.2. The van der Waals surface area contributed by atoms with Gasteiger partial charge < -0.3 is 10.3 Å². The third kappa shape index (κ3) is 3.78. The molecule has 0 aliphatic rings. The van der Waals surface area contributed by atoms with Gasteiger partial charge in [-0.3, -0.25) is 10.2 Å². The molecule has 0 saturated heterocycles. The lowest BCUT2D eigenvalue weighted by Crippen LogP contribution is -2.34. The highest BCUT2D eigenvalue weighted by Gasteiger charge is 2.34. The summed E-state index contributed by atoms with van der Waals surface area (Å²) in [5.41, 5.74) is 2.37. The molecule has 5 rings (SSSR count). The third-order valence-electron chi connectivity index (χ3n) is 5.20. The standard InChI is InChI=1S/C22H17F3N8O/c1-12(30-19-17-18(27-10-26-17)28-11-29-19)20-31-15-9-5-8-14(22(23,24)25)16(15)21(34)33(20)32-13-6-3-2-4-7-13/h2-12,32H,1H3,(H2,26,27,28,29,30). The van der Waals surface area contributed by atoms with E-state index in [9.17, 15) is 18.0 Å². The molecule has 0 aliphatic carbocycles. The summed E-state index contributed by atoms with van der Waals surface area (Å²) in [6.07, 6.45) is -1.91. The highest BCUT2D eigenvalue weighted by molar-refractivity contribution is 5.83. The van der Waals surface area contributed by atoms with Gasteiger partial charge in [0.2, 0.25) is 0 Å². The van der Waals surface area contributed by atoms with E-state index in [1.165, 1.54) is 24.8 Å². The molecule has 9 nitrogen and oxygen atoms in total. The Bertz CT molecular complexity index is 1550. The molecular weight excluding hydrogens is 449 g/mol. The van der Waals surface area contributed by atoms with Crippen molar-refractivity contribution in [3.05, 3.63) is 82.9 Å². The van der Waals surface area contributed by atoms with Crippen LogP contribution in [-0.2, 0) is 6.18 Å². The molecule has 3 aromatic heterocycles. The molecule has 34 heavy (non-hydrogen) atoms. The maximum absolute atomic E-state index is 13.7. The summed E-state index contributed by atoms with van der Waals surface area (Å²) < 4.78 is 42.1. The van der Waals surface area contributed by atoms with Crippen molar-refractivity contribution < 1.29 is 13.2 Å². The van der Waals surface area contributed by atoms with E-state index in [4.69, 9.17) is 0 Å². The molecule has 0 aliphatic heterocycles. The second kappa shape index (κ2) is 8.14. The van der Waals surface area contributed by atoms with Gasteiger partial charge in [-0.15, -0.1) is 0 Å². The zero-order chi connectivity index (χ0) is 23.9. The molecule has 5 aromatic rings. The summed E-state index contributed by atoms with van der Waals surface area (Å²) in [5, 5.41) is 2.61. The molecule has 0 bridgehead atoms. The Morgan fingerprint density at radius 2 is 1.82 bits per heavy atom. The normalized spacial score (nSPS) is 12.7. The minimum atomic E-state index is -4.72. The van der Waals surface area contributed by atoms with Crippen LogP contribution in [0.15, 0.2) is 66.0 Å². The fourth-order valence-electron chi connectivity index (χ4n) is 3.66. The summed E-state index contributed by atoms with van der Waals surface area (Å²) in [6, 6.07) is 11.4. The number of rotatable bonds is 5. The van der Waals surface area contributed by atoms with E-state index in [1.54, 1.807) is 37.3 Å². The van der Waals surface area contributed by atoms with Crippen molar-refractivity contribution in [2.24, 2.45) is 0 Å². The van der Waals surface area contributed by atoms with E-state index in [-0.39, 0.29) is 11.3 Å². The highest BCUT2D eigenvalue weighted by Crippen LogP contribution is 2.33. The van der Waals surface area contributed by atoms with Crippen LogP contribution in [-0.4, -0.2) is 29.6 Å². The number of nitrogens with zero attached hydrogens (tertiary/aromatic N) is 5. The van der Waals surface area contributed by atoms with Gasteiger partial charge in [-0.1, -0.05) is 24.3 Å². The number of fused-ring (bicyclic) bond motifs is 2. The van der Waals surface area contributed by atoms with Crippen molar-refractivity contribution in [2.45, 2.75) is 19.1 Å². The van der Waals surface area contributed by atoms with E-state index in [0.29, 0.717) is 22.7 Å². The molecule has 2 aromatic carbocycles. The van der Waals surface area contributed by atoms with Crippen LogP contribution in [0, 0.1) is 0 Å². The van der Waals surface area contributed by atoms with Gasteiger partial charge in [0.1, 0.15) is 11.8 Å². The SMILES string of the molecule is CC(Nc1ncnc2[nH]cnc12)c1nc2cccc(C(F)(F)F)c2c(=O)n1Nc1ccccc1. The van der Waals surface area contributed by atoms with Crippen LogP contribution in [0.4, 0.5) is 24.7 Å². The Kier molecular flexibility index (Phi) is 5.11. The number of anilines is 2. The molecular formula is C22H17F3N8O. The fraction of sp³-hybridized carbons (Fsp3) is 0.136. The smallest absolute Gasteiger partial charge is 0.358 e. The molecule has 0 radical (unpaired) electrons. The number of halogens is 3. The number of H-pyrrole nitrogens is 1. The Morgan fingerprint density at radius 1 is 1.03 bits per heavy atom. The minimum Gasteiger partial charge on any atom is -0.358 e. The van der Waals surface area contributed by atoms with E-state index in [2.05, 4.69) is 35.7 Å². The summed E-state index contributed by atoms with van der Waals surface area (Å²) in [7, 11) is 0. The predicted octanol–water partition coefficient (Wildman–Crippen LogP) is 4.13. The number of nitrogens with one attached hydrogen (secondary N) is 3. The number of imidazole rings is 1. The summed E-state index contributed by atoms with van der Waals surface area (Å²) in [6.45, 7) is 1.71. The molecule has 172 valence electrons. The predicted molar refractivity (Wildman–Crippen MR) is 120 cm³/mol. The number of aromatic nitrogens is 6. The van der Waals surface area contributed by atoms with Gasteiger partial charge in [-0.05, 0) is 31.2 Å². The van der Waals surface area contributed by atoms with Gasteiger partial charge in [0.15, 0.2) is 17.3 Å². The minimum absolute atomic E-state index is 0.0674. The molecule has 0 fully saturated rings. The van der Waals surface area contributed by atoms with Gasteiger partial charge in [0.05, 0.1) is 34.5 Å². The van der Waals surface area contributed by atoms with E-state index >= 15 is 0 Å². The van der Waals surface area contributed by atoms with Crippen LogP contribution in [0.3, 0.4) is 0 Å². The van der Waals surface area contributed by atoms with Gasteiger partial charge in [-0.25, -0.2) is 24.6 Å². The van der Waals surface area contributed by atoms with Crippen LogP contribution in [0.1, 0.15) is 24.4 Å². The summed E-state index contributed by atoms with van der Waals surface area (Å²) in [5.74, 6) is 0.534. The van der Waals surface area contributed by atoms with Crippen LogP contribution in [0.2, 0.25) is 0 Å². The third-order valence-corrected chi connectivity index (χ3v) is 5.20. The Balaban J connectivity index is 1.69. The zero-order valence-electron chi connectivity index (χ0n) is 17.6. The molecule has 3 N–H and O–H groups in total. The lowest BCUT2D eigenvalue weighted by molar-refractivity contribution is -0.136. The van der Waals surface area contributed by atoms with Crippen LogP contribution in [0.25, 0.3) is 22.1 Å². The number of alkyl halides is 3. The summed E-state index contributed by atoms with van der Waals surface area (Å²) in [4.78, 5) is 33.2. The lowest BCUT2D eigenvalue weighted by atomic mass is 10.1. The quantitative estimate of drug-likeness (QED) is 0.357. The van der Waals surface area contributed by atoms with Crippen molar-refractivity contribution in [2.75, 3.05) is 10.7 Å². The fourth-order valence-corrected chi connectivity index (χ4v) is 3.66. The first kappa shape index (κ1) is 21.4.